The summed E-state index contributed by atoms with van der Waals surface area (Å²) < 4.78 is 15.2. The number of rotatable bonds is 7. The number of nitrogens with one attached hydrogen (secondary N) is 3. The van der Waals surface area contributed by atoms with E-state index in [-0.39, 0.29) is 6.67 Å². The molecule has 0 saturated heterocycles. The number of pyridine rings is 1. The van der Waals surface area contributed by atoms with E-state index >= 15 is 0 Å². The minimum absolute atomic E-state index is 0.356. The Labute approximate surface area is 136 Å². The summed E-state index contributed by atoms with van der Waals surface area (Å²) in [4.78, 5) is 18.1. The number of aromatic nitrogens is 2. The monoisotopic (exact) mass is 330 g/mol. The Morgan fingerprint density at radius 2 is 2.09 bits per heavy atom. The highest BCUT2D eigenvalue weighted by atomic mass is 32.2. The smallest absolute Gasteiger partial charge is 0.212 e. The van der Waals surface area contributed by atoms with Gasteiger partial charge in [0.15, 0.2) is 0 Å². The maximum absolute atomic E-state index is 12.1. The molecule has 0 unspecified atom stereocenters. The molecule has 1 aromatic carbocycles. The van der Waals surface area contributed by atoms with Crippen LogP contribution in [0.25, 0.3) is 22.2 Å². The molecule has 23 heavy (non-hydrogen) atoms. The summed E-state index contributed by atoms with van der Waals surface area (Å²) in [6.45, 7) is -0.356. The number of fused-ring (bicyclic) bond motifs is 1. The van der Waals surface area contributed by atoms with E-state index < -0.39 is 0 Å². The molecule has 1 amide bonds. The van der Waals surface area contributed by atoms with Crippen LogP contribution in [0.2, 0.25) is 0 Å². The zero-order chi connectivity index (χ0) is 16.1. The van der Waals surface area contributed by atoms with Crippen molar-refractivity contribution in [2.75, 3.05) is 22.5 Å². The third-order valence-electron chi connectivity index (χ3n) is 3.30. The molecular weight excluding hydrogens is 315 g/mol. The second-order valence-electron chi connectivity index (χ2n) is 4.77. The molecule has 0 radical (unpaired) electrons. The summed E-state index contributed by atoms with van der Waals surface area (Å²) in [5, 5.41) is 3.56. The molecule has 5 nitrogen and oxygen atoms in total. The molecule has 2 aromatic heterocycles. The lowest BCUT2D eigenvalue weighted by Gasteiger charge is -2.08. The lowest BCUT2D eigenvalue weighted by atomic mass is 10.0. The van der Waals surface area contributed by atoms with Gasteiger partial charge in [0.05, 0.1) is 0 Å². The van der Waals surface area contributed by atoms with Gasteiger partial charge in [-0.05, 0) is 47.3 Å². The van der Waals surface area contributed by atoms with Crippen molar-refractivity contribution in [1.82, 2.24) is 9.97 Å². The molecule has 2 heterocycles. The average Bonchev–Trinajstić information content (AvgIpc) is 3.04. The molecule has 7 heteroatoms. The zero-order valence-electron chi connectivity index (χ0n) is 12.2. The lowest BCUT2D eigenvalue weighted by molar-refractivity contribution is -0.105. The van der Waals surface area contributed by atoms with Gasteiger partial charge in [0.25, 0.3) is 0 Å². The normalized spacial score (nSPS) is 10.7. The largest absolute Gasteiger partial charge is 0.346 e. The highest BCUT2D eigenvalue weighted by molar-refractivity contribution is 8.00. The van der Waals surface area contributed by atoms with Crippen LogP contribution in [0.15, 0.2) is 42.6 Å². The number of carbonyl (C=O) groups excluding carboxylic acids is 1. The van der Waals surface area contributed by atoms with Gasteiger partial charge in [0.1, 0.15) is 18.1 Å². The first-order valence-corrected chi connectivity index (χ1v) is 8.03. The third-order valence-corrected chi connectivity index (χ3v) is 4.04. The fourth-order valence-electron chi connectivity index (χ4n) is 2.30. The lowest BCUT2D eigenvalue weighted by Crippen LogP contribution is -1.97. The Morgan fingerprint density at radius 1 is 1.26 bits per heavy atom. The number of hydrogen-bond donors (Lipinski definition) is 3. The van der Waals surface area contributed by atoms with Gasteiger partial charge in [-0.2, -0.15) is 0 Å². The van der Waals surface area contributed by atoms with Crippen molar-refractivity contribution in [3.05, 3.63) is 42.6 Å². The first-order valence-electron chi connectivity index (χ1n) is 7.04. The Bertz CT molecular complexity index is 803. The van der Waals surface area contributed by atoms with E-state index in [4.69, 9.17) is 0 Å². The predicted octanol–water partition coefficient (Wildman–Crippen LogP) is 3.83. The molecule has 0 aliphatic carbocycles. The molecule has 0 spiro atoms. The number of H-pyrrole nitrogens is 1. The fraction of sp³-hybridized carbons (Fsp3) is 0.125. The summed E-state index contributed by atoms with van der Waals surface area (Å²) in [7, 11) is 0. The summed E-state index contributed by atoms with van der Waals surface area (Å²) in [5.74, 6) is 0.905. The summed E-state index contributed by atoms with van der Waals surface area (Å²) >= 11 is 1.33. The van der Waals surface area contributed by atoms with Crippen LogP contribution in [0.5, 0.6) is 0 Å². The van der Waals surface area contributed by atoms with Crippen molar-refractivity contribution in [3.63, 3.8) is 0 Å². The molecule has 0 saturated carbocycles. The van der Waals surface area contributed by atoms with Gasteiger partial charge in [0, 0.05) is 23.0 Å². The Hall–Kier alpha value is -2.54. The van der Waals surface area contributed by atoms with E-state index in [9.17, 15) is 9.18 Å². The van der Waals surface area contributed by atoms with Crippen molar-refractivity contribution in [2.24, 2.45) is 0 Å². The van der Waals surface area contributed by atoms with E-state index in [2.05, 4.69) is 20.0 Å². The Kier molecular flexibility index (Phi) is 4.77. The number of aromatic amines is 1. The van der Waals surface area contributed by atoms with Crippen molar-refractivity contribution in [2.45, 2.75) is 0 Å². The van der Waals surface area contributed by atoms with Crippen LogP contribution in [-0.2, 0) is 4.79 Å². The van der Waals surface area contributed by atoms with E-state index in [1.165, 1.54) is 11.9 Å². The number of amides is 1. The molecule has 0 atom stereocenters. The van der Waals surface area contributed by atoms with Crippen molar-refractivity contribution < 1.29 is 9.18 Å². The quantitative estimate of drug-likeness (QED) is 0.350. The van der Waals surface area contributed by atoms with Gasteiger partial charge in [-0.1, -0.05) is 12.1 Å². The number of alkyl halides is 1. The van der Waals surface area contributed by atoms with E-state index in [1.807, 2.05) is 42.6 Å². The summed E-state index contributed by atoms with van der Waals surface area (Å²) in [5.41, 5.74) is 3.61. The summed E-state index contributed by atoms with van der Waals surface area (Å²) in [6.07, 6.45) is 2.42. The van der Waals surface area contributed by atoms with Crippen LogP contribution in [0, 0.1) is 0 Å². The first-order chi connectivity index (χ1) is 11.3. The van der Waals surface area contributed by atoms with Crippen LogP contribution < -0.4 is 10.0 Å². The number of nitrogens with zero attached hydrogens (tertiary/aromatic N) is 1. The van der Waals surface area contributed by atoms with Crippen molar-refractivity contribution in [1.29, 1.82) is 0 Å². The Balaban J connectivity index is 1.92. The molecule has 3 aromatic rings. The maximum atomic E-state index is 12.1. The topological polar surface area (TPSA) is 69.8 Å². The van der Waals surface area contributed by atoms with Crippen LogP contribution >= 0.6 is 11.9 Å². The first kappa shape index (κ1) is 15.4. The summed E-state index contributed by atoms with van der Waals surface area (Å²) in [6, 6.07) is 11.6. The highest BCUT2D eigenvalue weighted by Crippen LogP contribution is 2.30. The van der Waals surface area contributed by atoms with Crippen molar-refractivity contribution in [3.8, 4) is 11.1 Å². The van der Waals surface area contributed by atoms with Gasteiger partial charge in [-0.25, -0.2) is 4.98 Å². The zero-order valence-corrected chi connectivity index (χ0v) is 13.0. The minimum atomic E-state index is -0.356. The predicted molar refractivity (Wildman–Crippen MR) is 93.3 cm³/mol. The minimum Gasteiger partial charge on any atom is -0.346 e. The number of carbonyl (C=O) groups is 1. The van der Waals surface area contributed by atoms with Gasteiger partial charge in [-0.3, -0.25) is 9.18 Å². The second kappa shape index (κ2) is 7.15. The van der Waals surface area contributed by atoms with E-state index in [0.29, 0.717) is 23.6 Å². The van der Waals surface area contributed by atoms with E-state index in [0.717, 1.165) is 22.2 Å². The molecule has 3 N–H and O–H groups in total. The van der Waals surface area contributed by atoms with Crippen LogP contribution in [0.4, 0.5) is 15.9 Å². The van der Waals surface area contributed by atoms with Crippen LogP contribution in [0.1, 0.15) is 0 Å². The standard InChI is InChI=1S/C16H15FN4OS/c17-6-8-23-21-12-3-1-11(2-4-12)14-9-15(19-10-22)20-16-13(14)5-7-18-16/h1-5,7,9-10,21H,6,8H2,(H2,18,19,20,22). The van der Waals surface area contributed by atoms with Gasteiger partial charge < -0.3 is 15.0 Å². The number of benzene rings is 1. The molecular formula is C16H15FN4OS. The number of hydrogen-bond acceptors (Lipinski definition) is 4. The second-order valence-corrected chi connectivity index (χ2v) is 5.68. The maximum Gasteiger partial charge on any atom is 0.212 e. The van der Waals surface area contributed by atoms with Gasteiger partial charge >= 0.3 is 0 Å². The van der Waals surface area contributed by atoms with Crippen LogP contribution in [0.3, 0.4) is 0 Å². The third kappa shape index (κ3) is 3.45. The molecule has 0 fully saturated rings. The van der Waals surface area contributed by atoms with E-state index in [1.54, 1.807) is 0 Å². The van der Waals surface area contributed by atoms with Crippen LogP contribution in [-0.4, -0.2) is 28.8 Å². The Morgan fingerprint density at radius 3 is 2.83 bits per heavy atom. The molecule has 0 bridgehead atoms. The van der Waals surface area contributed by atoms with Crippen molar-refractivity contribution >= 4 is 40.9 Å². The molecule has 3 rings (SSSR count). The number of anilines is 2. The SMILES string of the molecule is O=CNc1cc(-c2ccc(NSCCF)cc2)c2cc[nH]c2n1. The van der Waals surface area contributed by atoms with Gasteiger partial charge in [-0.15, -0.1) is 0 Å². The number of halogens is 1. The molecule has 0 aliphatic heterocycles. The highest BCUT2D eigenvalue weighted by Gasteiger charge is 2.09. The molecule has 0 aliphatic rings. The van der Waals surface area contributed by atoms with Gasteiger partial charge in [0.2, 0.25) is 6.41 Å². The molecule has 118 valence electrons. The average molecular weight is 330 g/mol. The fourth-order valence-corrected chi connectivity index (χ4v) is 2.78.